The summed E-state index contributed by atoms with van der Waals surface area (Å²) >= 11 is 0. The zero-order valence-corrected chi connectivity index (χ0v) is 11.7. The van der Waals surface area contributed by atoms with E-state index in [2.05, 4.69) is 13.2 Å². The molecule has 2 aliphatic rings. The van der Waals surface area contributed by atoms with Crippen molar-refractivity contribution >= 4 is 0 Å². The molecule has 3 nitrogen and oxygen atoms in total. The summed E-state index contributed by atoms with van der Waals surface area (Å²) in [4.78, 5) is 0. The average Bonchev–Trinajstić information content (AvgIpc) is 2.81. The molecule has 0 radical (unpaired) electrons. The Bertz CT molecular complexity index is 307. The van der Waals surface area contributed by atoms with Gasteiger partial charge in [0.15, 0.2) is 5.79 Å². The number of rotatable bonds is 6. The minimum absolute atomic E-state index is 0.0371. The Labute approximate surface area is 116 Å². The number of ether oxygens (including phenoxy) is 2. The van der Waals surface area contributed by atoms with Gasteiger partial charge in [0.25, 0.3) is 0 Å². The molecule has 1 saturated heterocycles. The molecule has 0 aromatic rings. The first-order chi connectivity index (χ1) is 9.19. The molecule has 1 spiro atoms. The third-order valence-electron chi connectivity index (χ3n) is 4.26. The number of aliphatic hydroxyl groups excluding tert-OH is 1. The van der Waals surface area contributed by atoms with Gasteiger partial charge in [-0.15, -0.1) is 13.2 Å². The molecule has 1 unspecified atom stereocenters. The van der Waals surface area contributed by atoms with Crippen molar-refractivity contribution < 1.29 is 14.6 Å². The van der Waals surface area contributed by atoms with E-state index in [4.69, 9.17) is 9.47 Å². The van der Waals surface area contributed by atoms with Gasteiger partial charge in [-0.1, -0.05) is 18.6 Å². The van der Waals surface area contributed by atoms with Crippen LogP contribution in [0.15, 0.2) is 25.3 Å². The van der Waals surface area contributed by atoms with Gasteiger partial charge in [-0.3, -0.25) is 0 Å². The SMILES string of the molecule is C=CC[C@H](O)CC(C=C)[C@H]1COC2(CCCCC2)O1. The summed E-state index contributed by atoms with van der Waals surface area (Å²) in [6.07, 6.45) is 10.2. The van der Waals surface area contributed by atoms with Gasteiger partial charge in [0, 0.05) is 18.8 Å². The molecule has 1 N–H and O–H groups in total. The van der Waals surface area contributed by atoms with E-state index in [1.807, 2.05) is 6.08 Å². The molecular weight excluding hydrogens is 240 g/mol. The van der Waals surface area contributed by atoms with Crippen molar-refractivity contribution in [2.45, 2.75) is 62.9 Å². The summed E-state index contributed by atoms with van der Waals surface area (Å²) in [6, 6.07) is 0. The maximum Gasteiger partial charge on any atom is 0.168 e. The fraction of sp³-hybridized carbons (Fsp3) is 0.750. The number of hydrogen-bond acceptors (Lipinski definition) is 3. The smallest absolute Gasteiger partial charge is 0.168 e. The van der Waals surface area contributed by atoms with Crippen molar-refractivity contribution in [2.75, 3.05) is 6.61 Å². The normalized spacial score (nSPS) is 29.0. The molecule has 0 aromatic carbocycles. The minimum atomic E-state index is -0.369. The minimum Gasteiger partial charge on any atom is -0.393 e. The molecule has 3 heteroatoms. The molecule has 3 atom stereocenters. The molecular formula is C16H26O3. The first-order valence-electron chi connectivity index (χ1n) is 7.42. The fourth-order valence-electron chi connectivity index (χ4n) is 3.14. The summed E-state index contributed by atoms with van der Waals surface area (Å²) in [5, 5.41) is 9.90. The monoisotopic (exact) mass is 266 g/mol. The van der Waals surface area contributed by atoms with Gasteiger partial charge >= 0.3 is 0 Å². The number of hydrogen-bond donors (Lipinski definition) is 1. The van der Waals surface area contributed by atoms with Crippen molar-refractivity contribution in [1.29, 1.82) is 0 Å². The van der Waals surface area contributed by atoms with Crippen molar-refractivity contribution in [3.05, 3.63) is 25.3 Å². The quantitative estimate of drug-likeness (QED) is 0.750. The van der Waals surface area contributed by atoms with Crippen LogP contribution in [0.25, 0.3) is 0 Å². The van der Waals surface area contributed by atoms with Gasteiger partial charge < -0.3 is 14.6 Å². The lowest BCUT2D eigenvalue weighted by Gasteiger charge is -2.32. The Morgan fingerprint density at radius 1 is 1.26 bits per heavy atom. The summed E-state index contributed by atoms with van der Waals surface area (Å²) in [5.41, 5.74) is 0. The van der Waals surface area contributed by atoms with Crippen LogP contribution in [0.4, 0.5) is 0 Å². The highest BCUT2D eigenvalue weighted by molar-refractivity contribution is 4.93. The van der Waals surface area contributed by atoms with Gasteiger partial charge in [-0.05, 0) is 25.7 Å². The summed E-state index contributed by atoms with van der Waals surface area (Å²) in [6.45, 7) is 8.16. The first kappa shape index (κ1) is 14.8. The van der Waals surface area contributed by atoms with E-state index in [9.17, 15) is 5.11 Å². The topological polar surface area (TPSA) is 38.7 Å². The molecule has 0 amide bonds. The van der Waals surface area contributed by atoms with Gasteiger partial charge in [-0.25, -0.2) is 0 Å². The second-order valence-corrected chi connectivity index (χ2v) is 5.75. The highest BCUT2D eigenvalue weighted by Crippen LogP contribution is 2.40. The molecule has 0 aromatic heterocycles. The maximum absolute atomic E-state index is 9.90. The van der Waals surface area contributed by atoms with E-state index in [1.165, 1.54) is 19.3 Å². The Balaban J connectivity index is 1.89. The van der Waals surface area contributed by atoms with E-state index < -0.39 is 0 Å². The molecule has 1 saturated carbocycles. The van der Waals surface area contributed by atoms with Crippen LogP contribution >= 0.6 is 0 Å². The van der Waals surface area contributed by atoms with Crippen molar-refractivity contribution in [2.24, 2.45) is 5.92 Å². The molecule has 108 valence electrons. The predicted molar refractivity (Wildman–Crippen MR) is 75.8 cm³/mol. The molecule has 1 aliphatic carbocycles. The van der Waals surface area contributed by atoms with Crippen LogP contribution in [0.1, 0.15) is 44.9 Å². The van der Waals surface area contributed by atoms with Crippen LogP contribution in [0.3, 0.4) is 0 Å². The van der Waals surface area contributed by atoms with Crippen LogP contribution in [-0.4, -0.2) is 29.7 Å². The van der Waals surface area contributed by atoms with Gasteiger partial charge in [-0.2, -0.15) is 0 Å². The lowest BCUT2D eigenvalue weighted by molar-refractivity contribution is -0.190. The first-order valence-corrected chi connectivity index (χ1v) is 7.42. The van der Waals surface area contributed by atoms with Gasteiger partial charge in [0.05, 0.1) is 18.8 Å². The average molecular weight is 266 g/mol. The summed E-state index contributed by atoms with van der Waals surface area (Å²) in [7, 11) is 0. The third-order valence-corrected chi connectivity index (χ3v) is 4.26. The third kappa shape index (κ3) is 3.68. The Kier molecular flexibility index (Phi) is 5.20. The highest BCUT2D eigenvalue weighted by Gasteiger charge is 2.44. The van der Waals surface area contributed by atoms with Gasteiger partial charge in [0.1, 0.15) is 0 Å². The van der Waals surface area contributed by atoms with Crippen LogP contribution in [0.5, 0.6) is 0 Å². The van der Waals surface area contributed by atoms with E-state index in [0.29, 0.717) is 19.4 Å². The molecule has 1 heterocycles. The molecule has 1 aliphatic heterocycles. The van der Waals surface area contributed by atoms with Crippen molar-refractivity contribution in [3.63, 3.8) is 0 Å². The van der Waals surface area contributed by atoms with Crippen LogP contribution in [-0.2, 0) is 9.47 Å². The van der Waals surface area contributed by atoms with Crippen molar-refractivity contribution in [1.82, 2.24) is 0 Å². The van der Waals surface area contributed by atoms with E-state index in [-0.39, 0.29) is 23.9 Å². The largest absolute Gasteiger partial charge is 0.393 e. The lowest BCUT2D eigenvalue weighted by Crippen LogP contribution is -2.34. The zero-order valence-electron chi connectivity index (χ0n) is 11.7. The second-order valence-electron chi connectivity index (χ2n) is 5.75. The Hall–Kier alpha value is -0.640. The van der Waals surface area contributed by atoms with Gasteiger partial charge in [0.2, 0.25) is 0 Å². The second kappa shape index (κ2) is 6.69. The Morgan fingerprint density at radius 2 is 2.00 bits per heavy atom. The van der Waals surface area contributed by atoms with Crippen LogP contribution in [0, 0.1) is 5.92 Å². The molecule has 2 rings (SSSR count). The Morgan fingerprint density at radius 3 is 2.63 bits per heavy atom. The summed E-state index contributed by atoms with van der Waals surface area (Å²) in [5.74, 6) is -0.190. The van der Waals surface area contributed by atoms with E-state index in [1.54, 1.807) is 6.08 Å². The van der Waals surface area contributed by atoms with Crippen molar-refractivity contribution in [3.8, 4) is 0 Å². The lowest BCUT2D eigenvalue weighted by atomic mass is 9.93. The number of aliphatic hydroxyl groups is 1. The fourth-order valence-corrected chi connectivity index (χ4v) is 3.14. The predicted octanol–water partition coefficient (Wildman–Crippen LogP) is 3.19. The zero-order chi connectivity index (χ0) is 13.7. The molecule has 19 heavy (non-hydrogen) atoms. The molecule has 0 bridgehead atoms. The standard InChI is InChI=1S/C16H26O3/c1-3-8-14(17)11-13(4-2)15-12-18-16(19-15)9-6-5-7-10-16/h3-4,13-15,17H,1-2,5-12H2/t13?,14-,15+/m0/s1. The molecule has 2 fully saturated rings. The van der Waals surface area contributed by atoms with Crippen LogP contribution < -0.4 is 0 Å². The van der Waals surface area contributed by atoms with Crippen LogP contribution in [0.2, 0.25) is 0 Å². The highest BCUT2D eigenvalue weighted by atomic mass is 16.7. The van der Waals surface area contributed by atoms with E-state index in [0.717, 1.165) is 12.8 Å². The maximum atomic E-state index is 9.90. The summed E-state index contributed by atoms with van der Waals surface area (Å²) < 4.78 is 12.1. The van der Waals surface area contributed by atoms with E-state index >= 15 is 0 Å².